The molecule has 0 saturated heterocycles. The summed E-state index contributed by atoms with van der Waals surface area (Å²) in [6.45, 7) is 10.9. The Balaban J connectivity index is 2.51. The van der Waals surface area contributed by atoms with Crippen molar-refractivity contribution >= 4 is 6.08 Å². The van der Waals surface area contributed by atoms with Gasteiger partial charge >= 0.3 is 0 Å². The molecular weight excluding hydrogens is 206 g/mol. The fraction of sp³-hybridized carbons (Fsp3) is 0.500. The van der Waals surface area contributed by atoms with E-state index in [0.717, 1.165) is 19.5 Å². The maximum Gasteiger partial charge on any atom is -0.00142 e. The van der Waals surface area contributed by atoms with Gasteiger partial charge in [-0.3, -0.25) is 0 Å². The van der Waals surface area contributed by atoms with E-state index in [1.807, 2.05) is 0 Å². The first-order chi connectivity index (χ1) is 8.15. The SMILES string of the molecule is CCCNCCC=Cc1cc(C)c(C)cc1C. The zero-order valence-electron chi connectivity index (χ0n) is 11.6. The van der Waals surface area contributed by atoms with E-state index in [9.17, 15) is 0 Å². The van der Waals surface area contributed by atoms with Gasteiger partial charge in [0.05, 0.1) is 0 Å². The average molecular weight is 231 g/mol. The van der Waals surface area contributed by atoms with Crippen molar-refractivity contribution in [3.63, 3.8) is 0 Å². The number of aryl methyl sites for hydroxylation is 3. The summed E-state index contributed by atoms with van der Waals surface area (Å²) in [5.41, 5.74) is 5.47. The normalized spacial score (nSPS) is 11.3. The van der Waals surface area contributed by atoms with Crippen LogP contribution in [0.1, 0.15) is 42.0 Å². The van der Waals surface area contributed by atoms with Crippen LogP contribution in [0.4, 0.5) is 0 Å². The second-order valence-corrected chi connectivity index (χ2v) is 4.73. The zero-order valence-corrected chi connectivity index (χ0v) is 11.6. The van der Waals surface area contributed by atoms with E-state index < -0.39 is 0 Å². The molecule has 0 bridgehead atoms. The Morgan fingerprint density at radius 1 is 1.00 bits per heavy atom. The van der Waals surface area contributed by atoms with Gasteiger partial charge in [0.2, 0.25) is 0 Å². The van der Waals surface area contributed by atoms with Gasteiger partial charge in [0, 0.05) is 0 Å². The lowest BCUT2D eigenvalue weighted by Gasteiger charge is -2.06. The molecule has 0 fully saturated rings. The molecule has 0 aliphatic carbocycles. The Hall–Kier alpha value is -1.08. The van der Waals surface area contributed by atoms with Crippen LogP contribution >= 0.6 is 0 Å². The summed E-state index contributed by atoms with van der Waals surface area (Å²) in [7, 11) is 0. The van der Waals surface area contributed by atoms with Crippen LogP contribution < -0.4 is 5.32 Å². The van der Waals surface area contributed by atoms with E-state index in [4.69, 9.17) is 0 Å². The van der Waals surface area contributed by atoms with E-state index in [2.05, 4.69) is 57.3 Å². The summed E-state index contributed by atoms with van der Waals surface area (Å²) in [5.74, 6) is 0. The van der Waals surface area contributed by atoms with Crippen molar-refractivity contribution in [3.05, 3.63) is 40.5 Å². The van der Waals surface area contributed by atoms with Crippen LogP contribution in [-0.2, 0) is 0 Å². The third-order valence-electron chi connectivity index (χ3n) is 3.09. The molecule has 0 atom stereocenters. The van der Waals surface area contributed by atoms with Gasteiger partial charge in [-0.2, -0.15) is 0 Å². The minimum absolute atomic E-state index is 1.08. The summed E-state index contributed by atoms with van der Waals surface area (Å²) in [4.78, 5) is 0. The summed E-state index contributed by atoms with van der Waals surface area (Å²) in [5, 5.41) is 3.41. The Kier molecular flexibility index (Phi) is 5.99. The Bertz CT molecular complexity index is 377. The molecule has 0 spiro atoms. The van der Waals surface area contributed by atoms with Gasteiger partial charge in [-0.15, -0.1) is 0 Å². The Morgan fingerprint density at radius 2 is 1.71 bits per heavy atom. The molecule has 0 heterocycles. The summed E-state index contributed by atoms with van der Waals surface area (Å²) < 4.78 is 0. The minimum Gasteiger partial charge on any atom is -0.316 e. The molecule has 94 valence electrons. The van der Waals surface area contributed by atoms with E-state index in [1.54, 1.807) is 0 Å². The van der Waals surface area contributed by atoms with Gasteiger partial charge in [-0.05, 0) is 69.0 Å². The molecule has 1 nitrogen and oxygen atoms in total. The number of benzene rings is 1. The smallest absolute Gasteiger partial charge is 0.00142 e. The second-order valence-electron chi connectivity index (χ2n) is 4.73. The lowest BCUT2D eigenvalue weighted by molar-refractivity contribution is 0.679. The Labute approximate surface area is 106 Å². The third-order valence-corrected chi connectivity index (χ3v) is 3.09. The van der Waals surface area contributed by atoms with Gasteiger partial charge in [-0.1, -0.05) is 31.2 Å². The maximum absolute atomic E-state index is 3.41. The molecule has 1 N–H and O–H groups in total. The van der Waals surface area contributed by atoms with Gasteiger partial charge in [0.15, 0.2) is 0 Å². The van der Waals surface area contributed by atoms with E-state index >= 15 is 0 Å². The van der Waals surface area contributed by atoms with Crippen molar-refractivity contribution in [2.75, 3.05) is 13.1 Å². The van der Waals surface area contributed by atoms with Gasteiger partial charge in [-0.25, -0.2) is 0 Å². The molecule has 0 amide bonds. The number of hydrogen-bond acceptors (Lipinski definition) is 1. The van der Waals surface area contributed by atoms with Crippen LogP contribution in [0.2, 0.25) is 0 Å². The van der Waals surface area contributed by atoms with Crippen molar-refractivity contribution in [1.29, 1.82) is 0 Å². The van der Waals surface area contributed by atoms with E-state index in [-0.39, 0.29) is 0 Å². The van der Waals surface area contributed by atoms with Gasteiger partial charge < -0.3 is 5.32 Å². The fourth-order valence-corrected chi connectivity index (χ4v) is 1.86. The van der Waals surface area contributed by atoms with Crippen molar-refractivity contribution < 1.29 is 0 Å². The van der Waals surface area contributed by atoms with E-state index in [0.29, 0.717) is 0 Å². The summed E-state index contributed by atoms with van der Waals surface area (Å²) in [6.07, 6.45) is 6.82. The van der Waals surface area contributed by atoms with Gasteiger partial charge in [0.1, 0.15) is 0 Å². The van der Waals surface area contributed by atoms with Crippen LogP contribution in [-0.4, -0.2) is 13.1 Å². The fourth-order valence-electron chi connectivity index (χ4n) is 1.86. The Morgan fingerprint density at radius 3 is 2.41 bits per heavy atom. The first kappa shape index (κ1) is 14.0. The quantitative estimate of drug-likeness (QED) is 0.729. The summed E-state index contributed by atoms with van der Waals surface area (Å²) >= 11 is 0. The molecule has 1 heteroatoms. The standard InChI is InChI=1S/C16H25N/c1-5-9-17-10-7-6-8-16-12-14(3)13(2)11-15(16)4/h6,8,11-12,17H,5,7,9-10H2,1-4H3. The molecule has 0 aliphatic heterocycles. The first-order valence-electron chi connectivity index (χ1n) is 6.60. The molecule has 0 aromatic heterocycles. The summed E-state index contributed by atoms with van der Waals surface area (Å²) in [6, 6.07) is 4.55. The average Bonchev–Trinajstić information content (AvgIpc) is 2.30. The molecular formula is C16H25N. The van der Waals surface area contributed by atoms with Crippen LogP contribution in [0.15, 0.2) is 18.2 Å². The van der Waals surface area contributed by atoms with E-state index in [1.165, 1.54) is 28.7 Å². The van der Waals surface area contributed by atoms with Crippen LogP contribution in [0.25, 0.3) is 6.08 Å². The molecule has 0 aliphatic rings. The van der Waals surface area contributed by atoms with Crippen LogP contribution in [0.5, 0.6) is 0 Å². The monoisotopic (exact) mass is 231 g/mol. The highest BCUT2D eigenvalue weighted by Crippen LogP contribution is 2.16. The maximum atomic E-state index is 3.41. The second kappa shape index (κ2) is 7.29. The highest BCUT2D eigenvalue weighted by atomic mass is 14.8. The first-order valence-corrected chi connectivity index (χ1v) is 6.60. The highest BCUT2D eigenvalue weighted by Gasteiger charge is 1.98. The predicted molar refractivity (Wildman–Crippen MR) is 77.5 cm³/mol. The van der Waals surface area contributed by atoms with Crippen molar-refractivity contribution in [2.45, 2.75) is 40.5 Å². The minimum atomic E-state index is 1.08. The lowest BCUT2D eigenvalue weighted by Crippen LogP contribution is -2.14. The lowest BCUT2D eigenvalue weighted by atomic mass is 10.0. The van der Waals surface area contributed by atoms with Crippen LogP contribution in [0, 0.1) is 20.8 Å². The highest BCUT2D eigenvalue weighted by molar-refractivity contribution is 5.56. The molecule has 1 aromatic rings. The van der Waals surface area contributed by atoms with Crippen molar-refractivity contribution in [2.24, 2.45) is 0 Å². The predicted octanol–water partition coefficient (Wildman–Crippen LogP) is 4.01. The van der Waals surface area contributed by atoms with Crippen LogP contribution in [0.3, 0.4) is 0 Å². The van der Waals surface area contributed by atoms with Gasteiger partial charge in [0.25, 0.3) is 0 Å². The molecule has 1 aromatic carbocycles. The van der Waals surface area contributed by atoms with Crippen molar-refractivity contribution in [1.82, 2.24) is 5.32 Å². The molecule has 17 heavy (non-hydrogen) atoms. The molecule has 0 radical (unpaired) electrons. The number of nitrogens with one attached hydrogen (secondary N) is 1. The molecule has 1 rings (SSSR count). The largest absolute Gasteiger partial charge is 0.316 e. The topological polar surface area (TPSA) is 12.0 Å². The number of hydrogen-bond donors (Lipinski definition) is 1. The number of rotatable bonds is 6. The van der Waals surface area contributed by atoms with Crippen molar-refractivity contribution in [3.8, 4) is 0 Å². The zero-order chi connectivity index (χ0) is 12.7. The third kappa shape index (κ3) is 4.74. The molecule has 0 unspecified atom stereocenters. The molecule has 0 saturated carbocycles.